The van der Waals surface area contributed by atoms with Gasteiger partial charge in [-0.1, -0.05) is 0 Å². The first-order valence-electron chi connectivity index (χ1n) is 1.56. The first-order valence-corrected chi connectivity index (χ1v) is 1.56. The van der Waals surface area contributed by atoms with Crippen LogP contribution in [0.15, 0.2) is 0 Å². The van der Waals surface area contributed by atoms with Gasteiger partial charge in [0.2, 0.25) is 0 Å². The van der Waals surface area contributed by atoms with Gasteiger partial charge in [-0.25, -0.2) is 5.11 Å². The Kier molecular flexibility index (Phi) is 2.62. The molecule has 0 rings (SSSR count). The van der Waals surface area contributed by atoms with Gasteiger partial charge in [-0.05, 0) is 0 Å². The van der Waals surface area contributed by atoms with Gasteiger partial charge in [0, 0.05) is 0 Å². The van der Waals surface area contributed by atoms with E-state index in [2.05, 4.69) is 0 Å². The molecule has 2 N–H and O–H groups in total. The normalized spacial score (nSPS) is 8.33. The number of nitrogens with one attached hydrogen (secondary N) is 1. The van der Waals surface area contributed by atoms with Crippen LogP contribution in [0.3, 0.4) is 0 Å². The SMILES string of the molecule is N=C(C[O])CO. The third-order valence-corrected chi connectivity index (χ3v) is 0.365. The molecule has 0 atom stereocenters. The molecule has 0 aromatic heterocycles. The van der Waals surface area contributed by atoms with E-state index in [1.54, 1.807) is 0 Å². The van der Waals surface area contributed by atoms with Crippen molar-refractivity contribution in [3.05, 3.63) is 0 Å². The first kappa shape index (κ1) is 5.59. The summed E-state index contributed by atoms with van der Waals surface area (Å²) in [5.41, 5.74) is -0.157. The molecule has 0 spiro atoms. The second-order valence-corrected chi connectivity index (χ2v) is 0.906. The van der Waals surface area contributed by atoms with E-state index < -0.39 is 13.2 Å². The Morgan fingerprint density at radius 1 is 1.83 bits per heavy atom. The highest BCUT2D eigenvalue weighted by Gasteiger charge is 1.85. The van der Waals surface area contributed by atoms with Crippen LogP contribution in [-0.4, -0.2) is 24.0 Å². The molecule has 0 aromatic rings. The fourth-order valence-corrected chi connectivity index (χ4v) is 0.0456. The molecule has 0 aliphatic carbocycles. The van der Waals surface area contributed by atoms with Crippen molar-refractivity contribution in [3.8, 4) is 0 Å². The van der Waals surface area contributed by atoms with Crippen LogP contribution in [0, 0.1) is 5.41 Å². The van der Waals surface area contributed by atoms with E-state index >= 15 is 0 Å². The average molecular weight is 88.1 g/mol. The van der Waals surface area contributed by atoms with Gasteiger partial charge >= 0.3 is 0 Å². The van der Waals surface area contributed by atoms with E-state index in [0.717, 1.165) is 0 Å². The van der Waals surface area contributed by atoms with Crippen molar-refractivity contribution in [1.29, 1.82) is 5.41 Å². The standard InChI is InChI=1S/C3H6NO2/c4-3(1-5)2-6/h4-5H,1-2H2. The molecular formula is C3H6NO2. The highest BCUT2D eigenvalue weighted by atomic mass is 16.3. The van der Waals surface area contributed by atoms with Crippen LogP contribution in [0.25, 0.3) is 0 Å². The molecule has 3 nitrogen and oxygen atoms in total. The summed E-state index contributed by atoms with van der Waals surface area (Å²) in [6.45, 7) is -0.986. The van der Waals surface area contributed by atoms with Gasteiger partial charge in [-0.3, -0.25) is 0 Å². The van der Waals surface area contributed by atoms with Crippen molar-refractivity contribution in [2.45, 2.75) is 0 Å². The van der Waals surface area contributed by atoms with E-state index in [-0.39, 0.29) is 5.71 Å². The Balaban J connectivity index is 2.99. The van der Waals surface area contributed by atoms with Gasteiger partial charge in [0.05, 0.1) is 12.3 Å². The summed E-state index contributed by atoms with van der Waals surface area (Å²) in [7, 11) is 0. The van der Waals surface area contributed by atoms with E-state index in [1.165, 1.54) is 0 Å². The lowest BCUT2D eigenvalue weighted by Gasteiger charge is -1.83. The zero-order valence-corrected chi connectivity index (χ0v) is 3.27. The molecule has 0 bridgehead atoms. The topological polar surface area (TPSA) is 64.0 Å². The van der Waals surface area contributed by atoms with Crippen LogP contribution >= 0.6 is 0 Å². The summed E-state index contributed by atoms with van der Waals surface area (Å²) in [4.78, 5) is 0. The molecule has 0 saturated heterocycles. The minimum atomic E-state index is -0.587. The van der Waals surface area contributed by atoms with Gasteiger partial charge in [-0.15, -0.1) is 0 Å². The first-order chi connectivity index (χ1) is 2.81. The molecule has 0 heterocycles. The molecule has 0 aliphatic heterocycles. The third-order valence-electron chi connectivity index (χ3n) is 0.365. The molecule has 0 amide bonds. The van der Waals surface area contributed by atoms with Crippen LogP contribution in [0.1, 0.15) is 0 Å². The predicted octanol–water partition coefficient (Wildman–Crippen LogP) is -0.571. The van der Waals surface area contributed by atoms with Crippen molar-refractivity contribution in [2.24, 2.45) is 0 Å². The summed E-state index contributed by atoms with van der Waals surface area (Å²) in [5.74, 6) is 0. The van der Waals surface area contributed by atoms with E-state index in [0.29, 0.717) is 0 Å². The Morgan fingerprint density at radius 3 is 2.33 bits per heavy atom. The van der Waals surface area contributed by atoms with Gasteiger partial charge in [-0.2, -0.15) is 0 Å². The lowest BCUT2D eigenvalue weighted by Crippen LogP contribution is -2.05. The minimum absolute atomic E-state index is 0.157. The quantitative estimate of drug-likeness (QED) is 0.436. The van der Waals surface area contributed by atoms with Crippen LogP contribution < -0.4 is 0 Å². The largest absolute Gasteiger partial charge is 0.390 e. The number of aliphatic hydroxyl groups excluding tert-OH is 1. The van der Waals surface area contributed by atoms with Crippen LogP contribution in [0.2, 0.25) is 0 Å². The predicted molar refractivity (Wildman–Crippen MR) is 20.4 cm³/mol. The molecule has 0 fully saturated rings. The maximum absolute atomic E-state index is 9.48. The molecule has 0 saturated carbocycles. The van der Waals surface area contributed by atoms with Crippen LogP contribution in [0.5, 0.6) is 0 Å². The zero-order valence-electron chi connectivity index (χ0n) is 3.27. The molecule has 0 aromatic carbocycles. The van der Waals surface area contributed by atoms with Crippen molar-refractivity contribution >= 4 is 5.71 Å². The van der Waals surface area contributed by atoms with Crippen molar-refractivity contribution in [3.63, 3.8) is 0 Å². The average Bonchev–Trinajstić information content (AvgIpc) is 1.65. The second kappa shape index (κ2) is 2.81. The van der Waals surface area contributed by atoms with Crippen LogP contribution in [0.4, 0.5) is 0 Å². The molecule has 0 unspecified atom stereocenters. The molecular weight excluding hydrogens is 82.0 g/mol. The van der Waals surface area contributed by atoms with Crippen molar-refractivity contribution in [2.75, 3.05) is 13.2 Å². The fraction of sp³-hybridized carbons (Fsp3) is 0.667. The smallest absolute Gasteiger partial charge is 0.122 e. The molecule has 35 valence electrons. The van der Waals surface area contributed by atoms with Gasteiger partial charge in [0.25, 0.3) is 0 Å². The Bertz CT molecular complexity index is 46.8. The summed E-state index contributed by atoms with van der Waals surface area (Å²) in [6, 6.07) is 0. The molecule has 0 aliphatic rings. The maximum Gasteiger partial charge on any atom is 0.122 e. The van der Waals surface area contributed by atoms with Crippen molar-refractivity contribution in [1.82, 2.24) is 0 Å². The fourth-order valence-electron chi connectivity index (χ4n) is 0.0456. The molecule has 1 radical (unpaired) electrons. The number of aliphatic hydroxyl groups is 1. The van der Waals surface area contributed by atoms with E-state index in [4.69, 9.17) is 10.5 Å². The van der Waals surface area contributed by atoms with E-state index in [9.17, 15) is 5.11 Å². The van der Waals surface area contributed by atoms with Crippen LogP contribution in [-0.2, 0) is 5.11 Å². The number of hydrogen-bond donors (Lipinski definition) is 2. The molecule has 3 heteroatoms. The lowest BCUT2D eigenvalue weighted by molar-refractivity contribution is 0.234. The minimum Gasteiger partial charge on any atom is -0.390 e. The number of hydrogen-bond acceptors (Lipinski definition) is 2. The van der Waals surface area contributed by atoms with Crippen molar-refractivity contribution < 1.29 is 10.2 Å². The Labute approximate surface area is 35.7 Å². The zero-order chi connectivity index (χ0) is 4.99. The lowest BCUT2D eigenvalue weighted by atomic mass is 10.4. The number of rotatable bonds is 2. The molecule has 6 heavy (non-hydrogen) atoms. The summed E-state index contributed by atoms with van der Waals surface area (Å²) >= 11 is 0. The monoisotopic (exact) mass is 88.0 g/mol. The summed E-state index contributed by atoms with van der Waals surface area (Å²) in [5, 5.41) is 23.8. The highest BCUT2D eigenvalue weighted by Crippen LogP contribution is 1.62. The van der Waals surface area contributed by atoms with E-state index in [1.807, 2.05) is 0 Å². The second-order valence-electron chi connectivity index (χ2n) is 0.906. The Hall–Kier alpha value is -0.410. The Morgan fingerprint density at radius 2 is 2.33 bits per heavy atom. The highest BCUT2D eigenvalue weighted by molar-refractivity contribution is 5.83. The third kappa shape index (κ3) is 1.87. The summed E-state index contributed by atoms with van der Waals surface area (Å²) < 4.78 is 0. The van der Waals surface area contributed by atoms with Gasteiger partial charge in [0.15, 0.2) is 0 Å². The van der Waals surface area contributed by atoms with Gasteiger partial charge < -0.3 is 10.5 Å². The maximum atomic E-state index is 9.48. The summed E-state index contributed by atoms with van der Waals surface area (Å²) in [6.07, 6.45) is 0. The van der Waals surface area contributed by atoms with Gasteiger partial charge in [0.1, 0.15) is 6.61 Å².